The molecule has 0 saturated heterocycles. The normalized spacial score (nSPS) is 33.7. The SMILES string of the molecule is CC(C)(C)[Si](C)(C)OC(O[Si](C)(C)C(C)(C)C)[C@@]12C=CC[C@H]1C1=CC=C3CCCC[C@]3(C)[C@H]1CC2. The minimum atomic E-state index is -2.03. The highest BCUT2D eigenvalue weighted by Gasteiger charge is 2.59. The lowest BCUT2D eigenvalue weighted by Gasteiger charge is -2.57. The molecular weight excluding hydrogens is 461 g/mol. The van der Waals surface area contributed by atoms with Gasteiger partial charge in [0.2, 0.25) is 0 Å². The van der Waals surface area contributed by atoms with E-state index in [0.717, 1.165) is 6.42 Å². The van der Waals surface area contributed by atoms with Crippen LogP contribution in [0.4, 0.5) is 0 Å². The average Bonchev–Trinajstić information content (AvgIpc) is 3.16. The van der Waals surface area contributed by atoms with Gasteiger partial charge in [-0.3, -0.25) is 0 Å². The topological polar surface area (TPSA) is 18.5 Å². The summed E-state index contributed by atoms with van der Waals surface area (Å²) < 4.78 is 14.7. The Kier molecular flexibility index (Phi) is 6.95. The van der Waals surface area contributed by atoms with Crippen molar-refractivity contribution in [3.05, 3.63) is 35.5 Å². The van der Waals surface area contributed by atoms with Gasteiger partial charge in [-0.05, 0) is 92.0 Å². The highest BCUT2D eigenvalue weighted by Crippen LogP contribution is 2.64. The van der Waals surface area contributed by atoms with Crippen molar-refractivity contribution in [1.29, 1.82) is 0 Å². The summed E-state index contributed by atoms with van der Waals surface area (Å²) in [7, 11) is -4.06. The van der Waals surface area contributed by atoms with E-state index in [2.05, 4.69) is 99.0 Å². The summed E-state index contributed by atoms with van der Waals surface area (Å²) in [5.41, 5.74) is 3.76. The molecule has 4 aliphatic carbocycles. The Bertz CT molecular complexity index is 885. The van der Waals surface area contributed by atoms with E-state index in [1.165, 1.54) is 38.5 Å². The maximum atomic E-state index is 7.35. The minimum Gasteiger partial charge on any atom is -0.392 e. The molecule has 0 radical (unpaired) electrons. The van der Waals surface area contributed by atoms with Gasteiger partial charge in [-0.2, -0.15) is 0 Å². The summed E-state index contributed by atoms with van der Waals surface area (Å²) in [6.07, 6.45) is 18.9. The number of hydrogen-bond donors (Lipinski definition) is 0. The smallest absolute Gasteiger partial charge is 0.195 e. The number of allylic oxidation sites excluding steroid dienone is 5. The molecule has 0 aromatic rings. The van der Waals surface area contributed by atoms with Crippen LogP contribution in [0.25, 0.3) is 0 Å². The Morgan fingerprint density at radius 3 is 2.03 bits per heavy atom. The molecule has 0 amide bonds. The standard InChI is InChI=1S/C31H54O2Si2/c1-28(2,3)34(8,9)32-27(33-35(10,11)29(4,5)6)31-21-14-16-26(31)24-18-17-23-15-12-13-20-30(23,7)25(24)19-22-31/h14,17-18,21,25-27H,12-13,15-16,19-20,22H2,1-11H3/t25-,26-,30-,31+/m0/s1. The van der Waals surface area contributed by atoms with Crippen molar-refractivity contribution in [2.45, 2.75) is 136 Å². The Labute approximate surface area is 219 Å². The van der Waals surface area contributed by atoms with Crippen molar-refractivity contribution in [3.63, 3.8) is 0 Å². The van der Waals surface area contributed by atoms with Gasteiger partial charge in [0.1, 0.15) is 6.29 Å². The molecule has 0 unspecified atom stereocenters. The summed E-state index contributed by atoms with van der Waals surface area (Å²) in [6.45, 7) is 26.4. The molecule has 4 aliphatic rings. The van der Waals surface area contributed by atoms with Gasteiger partial charge in [0, 0.05) is 5.41 Å². The van der Waals surface area contributed by atoms with Gasteiger partial charge < -0.3 is 8.85 Å². The molecule has 0 aromatic carbocycles. The quantitative estimate of drug-likeness (QED) is 0.206. The van der Waals surface area contributed by atoms with Crippen LogP contribution in [-0.2, 0) is 8.85 Å². The molecule has 0 heterocycles. The predicted octanol–water partition coefficient (Wildman–Crippen LogP) is 9.78. The molecule has 0 N–H and O–H groups in total. The molecule has 2 saturated carbocycles. The van der Waals surface area contributed by atoms with E-state index in [1.54, 1.807) is 11.1 Å². The van der Waals surface area contributed by atoms with Gasteiger partial charge in [-0.1, -0.05) is 90.3 Å². The number of hydrogen-bond acceptors (Lipinski definition) is 2. The molecule has 4 rings (SSSR count). The summed E-state index contributed by atoms with van der Waals surface area (Å²) in [5, 5.41) is 0.316. The predicted molar refractivity (Wildman–Crippen MR) is 155 cm³/mol. The third kappa shape index (κ3) is 4.57. The van der Waals surface area contributed by atoms with E-state index in [-0.39, 0.29) is 21.8 Å². The lowest BCUT2D eigenvalue weighted by Crippen LogP contribution is -2.58. The van der Waals surface area contributed by atoms with Crippen LogP contribution in [0.2, 0.25) is 36.3 Å². The van der Waals surface area contributed by atoms with Crippen LogP contribution in [-0.4, -0.2) is 22.9 Å². The lowest BCUT2D eigenvalue weighted by molar-refractivity contribution is -0.121. The first-order valence-electron chi connectivity index (χ1n) is 14.4. The highest BCUT2D eigenvalue weighted by molar-refractivity contribution is 6.75. The van der Waals surface area contributed by atoms with E-state index in [4.69, 9.17) is 8.85 Å². The average molecular weight is 515 g/mol. The van der Waals surface area contributed by atoms with Crippen LogP contribution in [0, 0.1) is 22.7 Å². The van der Waals surface area contributed by atoms with Crippen molar-refractivity contribution in [2.75, 3.05) is 0 Å². The Morgan fingerprint density at radius 1 is 0.857 bits per heavy atom. The number of rotatable bonds is 5. The van der Waals surface area contributed by atoms with Gasteiger partial charge >= 0.3 is 0 Å². The van der Waals surface area contributed by atoms with Crippen molar-refractivity contribution in [1.82, 2.24) is 0 Å². The second-order valence-electron chi connectivity index (χ2n) is 15.5. The fraction of sp³-hybridized carbons (Fsp3) is 0.806. The largest absolute Gasteiger partial charge is 0.392 e. The molecule has 4 atom stereocenters. The Morgan fingerprint density at radius 2 is 1.46 bits per heavy atom. The molecule has 0 aromatic heterocycles. The molecule has 0 spiro atoms. The molecular formula is C31H54O2Si2. The highest BCUT2D eigenvalue weighted by atomic mass is 28.4. The van der Waals surface area contributed by atoms with Crippen LogP contribution in [0.1, 0.15) is 93.4 Å². The van der Waals surface area contributed by atoms with Crippen LogP contribution in [0.15, 0.2) is 35.5 Å². The van der Waals surface area contributed by atoms with E-state index >= 15 is 0 Å². The van der Waals surface area contributed by atoms with E-state index in [1.807, 2.05) is 0 Å². The van der Waals surface area contributed by atoms with E-state index in [9.17, 15) is 0 Å². The zero-order chi connectivity index (χ0) is 26.1. The summed E-state index contributed by atoms with van der Waals surface area (Å²) in [5.74, 6) is 1.21. The second kappa shape index (κ2) is 8.81. The molecule has 2 fully saturated rings. The van der Waals surface area contributed by atoms with Gasteiger partial charge in [0.15, 0.2) is 16.6 Å². The minimum absolute atomic E-state index is 0.0380. The van der Waals surface area contributed by atoms with Crippen molar-refractivity contribution < 1.29 is 8.85 Å². The van der Waals surface area contributed by atoms with Gasteiger partial charge in [0.05, 0.1) is 0 Å². The van der Waals surface area contributed by atoms with E-state index in [0.29, 0.717) is 17.3 Å². The third-order valence-corrected chi connectivity index (χ3v) is 20.2. The van der Waals surface area contributed by atoms with Crippen LogP contribution in [0.5, 0.6) is 0 Å². The van der Waals surface area contributed by atoms with Crippen molar-refractivity contribution >= 4 is 16.6 Å². The molecule has 2 nitrogen and oxygen atoms in total. The van der Waals surface area contributed by atoms with Gasteiger partial charge in [0.25, 0.3) is 0 Å². The zero-order valence-electron chi connectivity index (χ0n) is 24.8. The maximum Gasteiger partial charge on any atom is 0.195 e. The zero-order valence-corrected chi connectivity index (χ0v) is 26.8. The molecule has 198 valence electrons. The van der Waals surface area contributed by atoms with Gasteiger partial charge in [-0.25, -0.2) is 0 Å². The molecule has 0 bridgehead atoms. The number of fused-ring (bicyclic) bond motifs is 5. The Hall–Kier alpha value is -0.426. The summed E-state index contributed by atoms with van der Waals surface area (Å²) in [4.78, 5) is 0. The summed E-state index contributed by atoms with van der Waals surface area (Å²) >= 11 is 0. The second-order valence-corrected chi connectivity index (χ2v) is 25.0. The first-order valence-corrected chi connectivity index (χ1v) is 20.2. The van der Waals surface area contributed by atoms with Crippen molar-refractivity contribution in [3.8, 4) is 0 Å². The van der Waals surface area contributed by atoms with E-state index < -0.39 is 16.6 Å². The van der Waals surface area contributed by atoms with Crippen molar-refractivity contribution in [2.24, 2.45) is 22.7 Å². The van der Waals surface area contributed by atoms with Crippen LogP contribution in [0.3, 0.4) is 0 Å². The molecule has 0 aliphatic heterocycles. The Balaban J connectivity index is 1.76. The monoisotopic (exact) mass is 514 g/mol. The van der Waals surface area contributed by atoms with Crippen LogP contribution < -0.4 is 0 Å². The first kappa shape index (κ1) is 27.6. The fourth-order valence-corrected chi connectivity index (χ4v) is 9.21. The fourth-order valence-electron chi connectivity index (χ4n) is 6.80. The van der Waals surface area contributed by atoms with Gasteiger partial charge in [-0.15, -0.1) is 0 Å². The summed E-state index contributed by atoms with van der Waals surface area (Å²) in [6, 6.07) is 0. The van der Waals surface area contributed by atoms with Crippen LogP contribution >= 0.6 is 0 Å². The lowest BCUT2D eigenvalue weighted by atomic mass is 9.51. The third-order valence-electron chi connectivity index (χ3n) is 11.3. The molecule has 35 heavy (non-hydrogen) atoms. The maximum absolute atomic E-state index is 7.35. The first-order chi connectivity index (χ1) is 15.9. The molecule has 4 heteroatoms.